The molecule has 0 spiro atoms. The SMILES string of the molecule is Nc1ccc(-c2cccc3c(=O)[nH][nH]c23)cc1. The van der Waals surface area contributed by atoms with E-state index in [0.29, 0.717) is 5.39 Å². The van der Waals surface area contributed by atoms with Crippen LogP contribution in [0, 0.1) is 0 Å². The molecule has 3 aromatic rings. The minimum Gasteiger partial charge on any atom is -0.399 e. The Hall–Kier alpha value is -2.49. The van der Waals surface area contributed by atoms with E-state index in [2.05, 4.69) is 10.2 Å². The van der Waals surface area contributed by atoms with Gasteiger partial charge in [0.25, 0.3) is 5.56 Å². The first-order chi connectivity index (χ1) is 8.25. The van der Waals surface area contributed by atoms with Crippen LogP contribution in [0.4, 0.5) is 5.69 Å². The standard InChI is InChI=1S/C13H11N3O/c14-9-6-4-8(5-7-9)10-2-1-3-11-12(10)15-16-13(11)17/h1-7H,14H2,(H2,15,16,17). The first-order valence-electron chi connectivity index (χ1n) is 5.31. The zero-order valence-corrected chi connectivity index (χ0v) is 9.03. The molecule has 1 heterocycles. The number of nitrogens with one attached hydrogen (secondary N) is 2. The second-order valence-corrected chi connectivity index (χ2v) is 3.93. The number of nitrogens with two attached hydrogens (primary N) is 1. The quantitative estimate of drug-likeness (QED) is 0.555. The van der Waals surface area contributed by atoms with E-state index in [1.807, 2.05) is 36.4 Å². The molecule has 0 saturated carbocycles. The predicted molar refractivity (Wildman–Crippen MR) is 68.8 cm³/mol. The Morgan fingerprint density at radius 1 is 0.941 bits per heavy atom. The van der Waals surface area contributed by atoms with Crippen LogP contribution in [0.2, 0.25) is 0 Å². The fourth-order valence-corrected chi connectivity index (χ4v) is 1.97. The van der Waals surface area contributed by atoms with Crippen LogP contribution in [0.5, 0.6) is 0 Å². The van der Waals surface area contributed by atoms with Crippen molar-refractivity contribution >= 4 is 16.6 Å². The maximum atomic E-state index is 11.5. The number of anilines is 1. The van der Waals surface area contributed by atoms with Gasteiger partial charge in [-0.1, -0.05) is 24.3 Å². The van der Waals surface area contributed by atoms with Crippen molar-refractivity contribution in [3.8, 4) is 11.1 Å². The molecule has 1 aromatic heterocycles. The fourth-order valence-electron chi connectivity index (χ4n) is 1.97. The summed E-state index contributed by atoms with van der Waals surface area (Å²) in [6, 6.07) is 13.2. The van der Waals surface area contributed by atoms with Gasteiger partial charge in [0, 0.05) is 11.3 Å². The van der Waals surface area contributed by atoms with Crippen molar-refractivity contribution in [2.24, 2.45) is 0 Å². The topological polar surface area (TPSA) is 74.7 Å². The van der Waals surface area contributed by atoms with Crippen LogP contribution in [0.1, 0.15) is 0 Å². The number of H-pyrrole nitrogens is 2. The van der Waals surface area contributed by atoms with Gasteiger partial charge in [0.15, 0.2) is 0 Å². The molecule has 0 radical (unpaired) electrons. The maximum Gasteiger partial charge on any atom is 0.271 e. The zero-order valence-electron chi connectivity index (χ0n) is 9.03. The van der Waals surface area contributed by atoms with Gasteiger partial charge in [0.05, 0.1) is 10.9 Å². The largest absolute Gasteiger partial charge is 0.399 e. The molecule has 0 unspecified atom stereocenters. The zero-order chi connectivity index (χ0) is 11.8. The smallest absolute Gasteiger partial charge is 0.271 e. The van der Waals surface area contributed by atoms with Crippen LogP contribution in [-0.2, 0) is 0 Å². The second-order valence-electron chi connectivity index (χ2n) is 3.93. The third-order valence-electron chi connectivity index (χ3n) is 2.83. The Bertz CT molecular complexity index is 722. The summed E-state index contributed by atoms with van der Waals surface area (Å²) < 4.78 is 0. The summed E-state index contributed by atoms with van der Waals surface area (Å²) in [5.41, 5.74) is 9.12. The van der Waals surface area contributed by atoms with E-state index in [1.165, 1.54) is 0 Å². The number of nitrogen functional groups attached to an aromatic ring is 1. The molecule has 4 N–H and O–H groups in total. The highest BCUT2D eigenvalue weighted by Crippen LogP contribution is 2.25. The number of aromatic nitrogens is 2. The van der Waals surface area contributed by atoms with Crippen LogP contribution >= 0.6 is 0 Å². The average Bonchev–Trinajstić information content (AvgIpc) is 2.73. The molecule has 0 aliphatic carbocycles. The molecule has 3 rings (SSSR count). The molecule has 0 fully saturated rings. The Labute approximate surface area is 97.1 Å². The van der Waals surface area contributed by atoms with Gasteiger partial charge in [0.1, 0.15) is 0 Å². The van der Waals surface area contributed by atoms with E-state index in [1.54, 1.807) is 6.07 Å². The molecule has 4 nitrogen and oxygen atoms in total. The van der Waals surface area contributed by atoms with Crippen LogP contribution in [0.3, 0.4) is 0 Å². The van der Waals surface area contributed by atoms with Gasteiger partial charge in [-0.3, -0.25) is 15.0 Å². The molecule has 84 valence electrons. The monoisotopic (exact) mass is 225 g/mol. The van der Waals surface area contributed by atoms with E-state index in [4.69, 9.17) is 5.73 Å². The third kappa shape index (κ3) is 1.50. The van der Waals surface area contributed by atoms with Crippen LogP contribution in [0.25, 0.3) is 22.0 Å². The highest BCUT2D eigenvalue weighted by atomic mass is 16.1. The van der Waals surface area contributed by atoms with Gasteiger partial charge < -0.3 is 5.73 Å². The van der Waals surface area contributed by atoms with Gasteiger partial charge in [-0.2, -0.15) is 0 Å². The lowest BCUT2D eigenvalue weighted by molar-refractivity contribution is 1.08. The highest BCUT2D eigenvalue weighted by molar-refractivity contribution is 5.93. The summed E-state index contributed by atoms with van der Waals surface area (Å²) in [6.45, 7) is 0. The Kier molecular flexibility index (Phi) is 2.01. The molecular weight excluding hydrogens is 214 g/mol. The number of para-hydroxylation sites is 1. The maximum absolute atomic E-state index is 11.5. The number of aromatic amines is 2. The lowest BCUT2D eigenvalue weighted by Crippen LogP contribution is -1.96. The molecule has 0 atom stereocenters. The highest BCUT2D eigenvalue weighted by Gasteiger charge is 2.07. The number of benzene rings is 2. The van der Waals surface area contributed by atoms with Crippen LogP contribution < -0.4 is 11.3 Å². The predicted octanol–water partition coefficient (Wildman–Crippen LogP) is 2.11. The Balaban J connectivity index is 2.30. The molecule has 17 heavy (non-hydrogen) atoms. The van der Waals surface area contributed by atoms with Gasteiger partial charge >= 0.3 is 0 Å². The first-order valence-corrected chi connectivity index (χ1v) is 5.31. The van der Waals surface area contributed by atoms with Gasteiger partial charge in [0.2, 0.25) is 0 Å². The molecule has 4 heteroatoms. The average molecular weight is 225 g/mol. The number of rotatable bonds is 1. The van der Waals surface area contributed by atoms with Gasteiger partial charge in [-0.05, 0) is 23.8 Å². The third-order valence-corrected chi connectivity index (χ3v) is 2.83. The van der Waals surface area contributed by atoms with Gasteiger partial charge in [-0.15, -0.1) is 0 Å². The van der Waals surface area contributed by atoms with Crippen molar-refractivity contribution in [1.29, 1.82) is 0 Å². The van der Waals surface area contributed by atoms with Gasteiger partial charge in [-0.25, -0.2) is 0 Å². The Morgan fingerprint density at radius 3 is 2.47 bits per heavy atom. The van der Waals surface area contributed by atoms with Crippen molar-refractivity contribution in [2.45, 2.75) is 0 Å². The summed E-state index contributed by atoms with van der Waals surface area (Å²) >= 11 is 0. The molecule has 0 saturated heterocycles. The molecular formula is C13H11N3O. The molecule has 2 aromatic carbocycles. The lowest BCUT2D eigenvalue weighted by Gasteiger charge is -2.03. The summed E-state index contributed by atoms with van der Waals surface area (Å²) in [4.78, 5) is 11.5. The summed E-state index contributed by atoms with van der Waals surface area (Å²) in [7, 11) is 0. The van der Waals surface area contributed by atoms with E-state index >= 15 is 0 Å². The fraction of sp³-hybridized carbons (Fsp3) is 0. The van der Waals surface area contributed by atoms with E-state index in [-0.39, 0.29) is 5.56 Å². The van der Waals surface area contributed by atoms with Crippen molar-refractivity contribution in [3.05, 3.63) is 52.8 Å². The number of hydrogen-bond donors (Lipinski definition) is 3. The molecule has 0 amide bonds. The minimum absolute atomic E-state index is 0.0997. The van der Waals surface area contributed by atoms with Crippen molar-refractivity contribution in [2.75, 3.05) is 5.73 Å². The van der Waals surface area contributed by atoms with Crippen molar-refractivity contribution in [3.63, 3.8) is 0 Å². The van der Waals surface area contributed by atoms with Crippen LogP contribution in [0.15, 0.2) is 47.3 Å². The molecule has 0 aliphatic rings. The van der Waals surface area contributed by atoms with E-state index in [0.717, 1.165) is 22.3 Å². The molecule has 0 aliphatic heterocycles. The molecule has 0 bridgehead atoms. The number of hydrogen-bond acceptors (Lipinski definition) is 2. The van der Waals surface area contributed by atoms with Crippen molar-refractivity contribution in [1.82, 2.24) is 10.2 Å². The summed E-state index contributed by atoms with van der Waals surface area (Å²) in [5.74, 6) is 0. The summed E-state index contributed by atoms with van der Waals surface area (Å²) in [5, 5.41) is 6.16. The summed E-state index contributed by atoms with van der Waals surface area (Å²) in [6.07, 6.45) is 0. The number of fused-ring (bicyclic) bond motifs is 1. The second kappa shape index (κ2) is 3.52. The minimum atomic E-state index is -0.0997. The van der Waals surface area contributed by atoms with Crippen LogP contribution in [-0.4, -0.2) is 10.2 Å². The lowest BCUT2D eigenvalue weighted by atomic mass is 10.0. The van der Waals surface area contributed by atoms with E-state index < -0.39 is 0 Å². The van der Waals surface area contributed by atoms with E-state index in [9.17, 15) is 4.79 Å². The first kappa shape index (κ1) is 9.72. The Morgan fingerprint density at radius 2 is 1.71 bits per heavy atom. The normalized spacial score (nSPS) is 10.8. The van der Waals surface area contributed by atoms with Crippen molar-refractivity contribution < 1.29 is 0 Å².